The molecular weight excluding hydrogens is 428 g/mol. The van der Waals surface area contributed by atoms with Crippen molar-refractivity contribution in [1.82, 2.24) is 0 Å². The van der Waals surface area contributed by atoms with Gasteiger partial charge in [0.2, 0.25) is 0 Å². The number of β-amino-alcohol motifs (C(OH)–C–C–N with tert-alkyl or cyclic N) is 1. The van der Waals surface area contributed by atoms with Crippen LogP contribution in [0.4, 0.5) is 5.69 Å². The van der Waals surface area contributed by atoms with E-state index in [0.717, 1.165) is 39.6 Å². The van der Waals surface area contributed by atoms with Gasteiger partial charge in [-0.1, -0.05) is 15.9 Å². The lowest BCUT2D eigenvalue weighted by Gasteiger charge is -2.25. The predicted octanol–water partition coefficient (Wildman–Crippen LogP) is 3.64. The summed E-state index contributed by atoms with van der Waals surface area (Å²) in [6, 6.07) is 13.9. The summed E-state index contributed by atoms with van der Waals surface area (Å²) in [7, 11) is 3.23. The van der Waals surface area contributed by atoms with E-state index in [9.17, 15) is 5.11 Å². The van der Waals surface area contributed by atoms with E-state index in [-0.39, 0.29) is 0 Å². The molecule has 2 heterocycles. The molecule has 7 heteroatoms. The largest absolute Gasteiger partial charge is 0.493 e. The fourth-order valence-electron chi connectivity index (χ4n) is 3.66. The van der Waals surface area contributed by atoms with Crippen molar-refractivity contribution in [2.24, 2.45) is 0 Å². The molecule has 0 spiro atoms. The average molecular weight is 450 g/mol. The minimum atomic E-state index is -1.12. The van der Waals surface area contributed by atoms with E-state index in [1.54, 1.807) is 26.0 Å². The molecule has 1 atom stereocenters. The van der Waals surface area contributed by atoms with Gasteiger partial charge in [-0.3, -0.25) is 0 Å². The maximum Gasteiger partial charge on any atom is 0.316 e. The number of aliphatic hydroxyl groups is 1. The summed E-state index contributed by atoms with van der Waals surface area (Å²) in [4.78, 5) is 2.20. The highest BCUT2D eigenvalue weighted by Gasteiger charge is 2.53. The maximum absolute atomic E-state index is 11.8. The summed E-state index contributed by atoms with van der Waals surface area (Å²) in [5.41, 5.74) is 0.763. The summed E-state index contributed by atoms with van der Waals surface area (Å²) in [5.74, 6) is 2.34. The molecule has 0 radical (unpaired) electrons. The summed E-state index contributed by atoms with van der Waals surface area (Å²) in [5, 5.41) is 12.9. The number of thioether (sulfide) groups is 1. The molecule has 0 saturated heterocycles. The van der Waals surface area contributed by atoms with E-state index < -0.39 is 5.72 Å². The number of halogens is 1. The van der Waals surface area contributed by atoms with Crippen LogP contribution < -0.4 is 14.4 Å². The van der Waals surface area contributed by atoms with E-state index in [1.807, 2.05) is 30.3 Å². The molecule has 1 unspecified atom stereocenters. The molecule has 0 aromatic heterocycles. The fourth-order valence-corrected chi connectivity index (χ4v) is 5.10. The van der Waals surface area contributed by atoms with Gasteiger partial charge in [-0.15, -0.1) is 0 Å². The molecule has 0 bridgehead atoms. The van der Waals surface area contributed by atoms with Crippen molar-refractivity contribution in [2.75, 3.05) is 38.0 Å². The van der Waals surface area contributed by atoms with Crippen LogP contribution in [0.5, 0.6) is 11.5 Å². The Morgan fingerprint density at radius 3 is 2.56 bits per heavy atom. The first-order chi connectivity index (χ1) is 13.1. The van der Waals surface area contributed by atoms with Crippen LogP contribution in [0.15, 0.2) is 46.9 Å². The molecule has 1 N–H and O–H groups in total. The third kappa shape index (κ3) is 3.22. The van der Waals surface area contributed by atoms with Crippen LogP contribution in [-0.2, 0) is 5.72 Å². The van der Waals surface area contributed by atoms with Crippen LogP contribution in [0.2, 0.25) is 0 Å². The van der Waals surface area contributed by atoms with Crippen LogP contribution in [0.3, 0.4) is 0 Å². The van der Waals surface area contributed by atoms with E-state index in [1.165, 1.54) is 0 Å². The lowest BCUT2D eigenvalue weighted by atomic mass is 10.0. The second kappa shape index (κ2) is 7.37. The monoisotopic (exact) mass is 449 g/mol. The van der Waals surface area contributed by atoms with Gasteiger partial charge in [-0.25, -0.2) is 9.48 Å². The number of anilines is 1. The highest BCUT2D eigenvalue weighted by atomic mass is 79.9. The SMILES string of the molecule is COc1ccc(C2(O)CN(c3ccc(Br)cc3)C3=[N+]2CCCS3)cc1OC. The van der Waals surface area contributed by atoms with Crippen molar-refractivity contribution in [1.29, 1.82) is 0 Å². The Morgan fingerprint density at radius 2 is 1.85 bits per heavy atom. The van der Waals surface area contributed by atoms with Crippen molar-refractivity contribution in [3.8, 4) is 11.5 Å². The molecule has 0 saturated carbocycles. The standard InChI is InChI=1S/C20H22BrN2O3S/c1-25-17-9-4-14(12-18(17)26-2)20(24)13-22(16-7-5-15(21)6-8-16)19-23(20)10-3-11-27-19/h4-9,12,24H,3,10-11,13H2,1-2H3/q+1. The number of amidine groups is 1. The van der Waals surface area contributed by atoms with Gasteiger partial charge in [0.05, 0.1) is 20.8 Å². The first-order valence-corrected chi connectivity index (χ1v) is 10.6. The van der Waals surface area contributed by atoms with Gasteiger partial charge >= 0.3 is 5.17 Å². The Kier molecular flexibility index (Phi) is 5.09. The van der Waals surface area contributed by atoms with Crippen molar-refractivity contribution in [3.05, 3.63) is 52.5 Å². The fraction of sp³-hybridized carbons (Fsp3) is 0.350. The van der Waals surface area contributed by atoms with Gasteiger partial charge < -0.3 is 14.6 Å². The predicted molar refractivity (Wildman–Crippen MR) is 112 cm³/mol. The molecule has 2 aliphatic rings. The van der Waals surface area contributed by atoms with Gasteiger partial charge in [-0.2, -0.15) is 0 Å². The normalized spacial score (nSPS) is 22.0. The Balaban J connectivity index is 1.78. The molecule has 2 aromatic rings. The van der Waals surface area contributed by atoms with Crippen molar-refractivity contribution in [2.45, 2.75) is 12.1 Å². The van der Waals surface area contributed by atoms with Gasteiger partial charge in [0, 0.05) is 15.8 Å². The van der Waals surface area contributed by atoms with Gasteiger partial charge in [0.15, 0.2) is 18.0 Å². The zero-order valence-corrected chi connectivity index (χ0v) is 17.7. The van der Waals surface area contributed by atoms with Gasteiger partial charge in [0.1, 0.15) is 5.69 Å². The van der Waals surface area contributed by atoms with Crippen LogP contribution in [-0.4, -0.2) is 47.9 Å². The second-order valence-corrected chi connectivity index (χ2v) is 8.56. The Morgan fingerprint density at radius 1 is 1.11 bits per heavy atom. The number of ether oxygens (including phenoxy) is 2. The summed E-state index contributed by atoms with van der Waals surface area (Å²) in [6.07, 6.45) is 1.04. The summed E-state index contributed by atoms with van der Waals surface area (Å²) in [6.45, 7) is 1.28. The number of benzene rings is 2. The summed E-state index contributed by atoms with van der Waals surface area (Å²) < 4.78 is 14.0. The number of hydrogen-bond donors (Lipinski definition) is 1. The summed E-state index contributed by atoms with van der Waals surface area (Å²) >= 11 is 5.29. The smallest absolute Gasteiger partial charge is 0.316 e. The molecular formula is C20H22BrN2O3S+. The molecule has 2 aliphatic heterocycles. The Bertz CT molecular complexity index is 887. The zero-order valence-electron chi connectivity index (χ0n) is 15.3. The molecule has 2 aromatic carbocycles. The molecule has 0 amide bonds. The minimum absolute atomic E-state index is 0.465. The Hall–Kier alpha value is -1.70. The molecule has 142 valence electrons. The van der Waals surface area contributed by atoms with Crippen LogP contribution in [0.25, 0.3) is 0 Å². The van der Waals surface area contributed by atoms with Crippen LogP contribution in [0.1, 0.15) is 12.0 Å². The van der Waals surface area contributed by atoms with Crippen molar-refractivity contribution >= 4 is 38.5 Å². The molecule has 4 rings (SSSR count). The van der Waals surface area contributed by atoms with E-state index in [4.69, 9.17) is 9.47 Å². The maximum atomic E-state index is 11.8. The van der Waals surface area contributed by atoms with E-state index >= 15 is 0 Å². The number of methoxy groups -OCH3 is 2. The minimum Gasteiger partial charge on any atom is -0.493 e. The molecule has 27 heavy (non-hydrogen) atoms. The number of nitrogens with zero attached hydrogens (tertiary/aromatic N) is 2. The molecule has 0 aliphatic carbocycles. The first-order valence-electron chi connectivity index (χ1n) is 8.82. The van der Waals surface area contributed by atoms with E-state index in [0.29, 0.717) is 18.0 Å². The van der Waals surface area contributed by atoms with Crippen LogP contribution >= 0.6 is 27.7 Å². The number of hydrogen-bond acceptors (Lipinski definition) is 5. The Labute approximate surface area is 171 Å². The third-order valence-corrected chi connectivity index (χ3v) is 6.75. The highest BCUT2D eigenvalue weighted by Crippen LogP contribution is 2.40. The lowest BCUT2D eigenvalue weighted by Crippen LogP contribution is -2.41. The molecule has 5 nitrogen and oxygen atoms in total. The average Bonchev–Trinajstić information content (AvgIpc) is 3.02. The number of rotatable bonds is 4. The van der Waals surface area contributed by atoms with Crippen molar-refractivity contribution in [3.63, 3.8) is 0 Å². The van der Waals surface area contributed by atoms with Gasteiger partial charge in [-0.05, 0) is 60.6 Å². The second-order valence-electron chi connectivity index (χ2n) is 6.59. The lowest BCUT2D eigenvalue weighted by molar-refractivity contribution is -0.656. The van der Waals surface area contributed by atoms with Gasteiger partial charge in [0.25, 0.3) is 5.72 Å². The third-order valence-electron chi connectivity index (χ3n) is 5.03. The zero-order chi connectivity index (χ0) is 19.0. The topological polar surface area (TPSA) is 44.9 Å². The van der Waals surface area contributed by atoms with Crippen molar-refractivity contribution < 1.29 is 19.2 Å². The van der Waals surface area contributed by atoms with E-state index in [2.05, 4.69) is 37.5 Å². The van der Waals surface area contributed by atoms with Crippen LogP contribution in [0, 0.1) is 0 Å². The quantitative estimate of drug-likeness (QED) is 0.721. The molecule has 0 fully saturated rings. The highest BCUT2D eigenvalue weighted by molar-refractivity contribution is 9.10. The first kappa shape index (κ1) is 18.7.